The van der Waals surface area contributed by atoms with E-state index < -0.39 is 6.04 Å². The van der Waals surface area contributed by atoms with Crippen molar-refractivity contribution in [2.45, 2.75) is 6.04 Å². The molecule has 0 saturated heterocycles. The third-order valence-corrected chi connectivity index (χ3v) is 5.10. The van der Waals surface area contributed by atoms with Crippen molar-refractivity contribution in [1.82, 2.24) is 5.32 Å². The molecule has 2 N–H and O–H groups in total. The topological polar surface area (TPSA) is 67.8 Å². The van der Waals surface area contributed by atoms with Gasteiger partial charge in [-0.3, -0.25) is 4.79 Å². The largest absolute Gasteiger partial charge is 0.508 e. The summed E-state index contributed by atoms with van der Waals surface area (Å²) in [4.78, 5) is 12.9. The van der Waals surface area contributed by atoms with Gasteiger partial charge in [-0.1, -0.05) is 66.7 Å². The van der Waals surface area contributed by atoms with Gasteiger partial charge in [0.05, 0.1) is 13.2 Å². The van der Waals surface area contributed by atoms with Gasteiger partial charge in [0.15, 0.2) is 6.61 Å². The normalized spacial score (nSPS) is 11.6. The fourth-order valence-electron chi connectivity index (χ4n) is 3.67. The Morgan fingerprint density at radius 3 is 2.42 bits per heavy atom. The first-order valence-corrected chi connectivity index (χ1v) is 9.98. The number of aromatic hydroxyl groups is 1. The van der Waals surface area contributed by atoms with E-state index in [1.54, 1.807) is 25.3 Å². The van der Waals surface area contributed by atoms with Gasteiger partial charge in [0.1, 0.15) is 17.2 Å². The molecule has 0 heterocycles. The number of benzene rings is 4. The third-order valence-electron chi connectivity index (χ3n) is 5.10. The van der Waals surface area contributed by atoms with Crippen molar-refractivity contribution < 1.29 is 19.4 Å². The quantitative estimate of drug-likeness (QED) is 0.455. The molecular weight excluding hydrogens is 390 g/mol. The molecule has 0 aliphatic carbocycles. The molecule has 0 radical (unpaired) electrons. The van der Waals surface area contributed by atoms with Crippen molar-refractivity contribution in [3.05, 3.63) is 102 Å². The Balaban J connectivity index is 1.73. The van der Waals surface area contributed by atoms with Crippen molar-refractivity contribution in [2.24, 2.45) is 0 Å². The Morgan fingerprint density at radius 2 is 1.61 bits per heavy atom. The Bertz CT molecular complexity index is 1190. The van der Waals surface area contributed by atoms with E-state index in [-0.39, 0.29) is 18.3 Å². The molecule has 4 aromatic rings. The number of hydrogen-bond acceptors (Lipinski definition) is 4. The molecule has 1 amide bonds. The van der Waals surface area contributed by atoms with Gasteiger partial charge in [0.2, 0.25) is 0 Å². The summed E-state index contributed by atoms with van der Waals surface area (Å²) >= 11 is 0. The summed E-state index contributed by atoms with van der Waals surface area (Å²) in [5.74, 6) is 1.01. The summed E-state index contributed by atoms with van der Waals surface area (Å²) < 4.78 is 11.2. The molecule has 0 aliphatic rings. The van der Waals surface area contributed by atoms with Crippen molar-refractivity contribution in [3.63, 3.8) is 0 Å². The van der Waals surface area contributed by atoms with Crippen LogP contribution in [-0.4, -0.2) is 24.7 Å². The van der Waals surface area contributed by atoms with Crippen molar-refractivity contribution in [1.29, 1.82) is 0 Å². The molecular formula is C26H23NO4. The van der Waals surface area contributed by atoms with Crippen LogP contribution in [0.2, 0.25) is 0 Å². The highest BCUT2D eigenvalue weighted by Crippen LogP contribution is 2.38. The molecule has 31 heavy (non-hydrogen) atoms. The second kappa shape index (κ2) is 9.22. The zero-order valence-corrected chi connectivity index (χ0v) is 17.1. The van der Waals surface area contributed by atoms with E-state index in [9.17, 15) is 9.90 Å². The lowest BCUT2D eigenvalue weighted by molar-refractivity contribution is -0.123. The highest BCUT2D eigenvalue weighted by molar-refractivity contribution is 5.90. The number of phenolic OH excluding ortho intramolecular Hbond substituents is 1. The minimum Gasteiger partial charge on any atom is -0.508 e. The lowest BCUT2D eigenvalue weighted by Crippen LogP contribution is -2.33. The maximum Gasteiger partial charge on any atom is 0.258 e. The van der Waals surface area contributed by atoms with Gasteiger partial charge in [-0.25, -0.2) is 0 Å². The van der Waals surface area contributed by atoms with Crippen LogP contribution in [0.4, 0.5) is 0 Å². The maximum absolute atomic E-state index is 12.9. The van der Waals surface area contributed by atoms with Gasteiger partial charge in [0.25, 0.3) is 5.91 Å². The zero-order valence-electron chi connectivity index (χ0n) is 17.1. The summed E-state index contributed by atoms with van der Waals surface area (Å²) in [7, 11) is 1.58. The standard InChI is InChI=1S/C26H23NO4/c1-30-23-14-8-7-13-21(23)26(27-24(29)17-31-19-10-3-2-4-11-19)25-20-12-6-5-9-18(20)15-16-22(25)28/h2-16,26,28H,17H2,1H3,(H,27,29). The molecule has 0 spiro atoms. The first kappa shape index (κ1) is 20.3. The molecule has 5 nitrogen and oxygen atoms in total. The molecule has 0 fully saturated rings. The molecule has 5 heteroatoms. The predicted molar refractivity (Wildman–Crippen MR) is 121 cm³/mol. The monoisotopic (exact) mass is 413 g/mol. The molecule has 4 rings (SSSR count). The van der Waals surface area contributed by atoms with Crippen LogP contribution in [0.5, 0.6) is 17.2 Å². The highest BCUT2D eigenvalue weighted by Gasteiger charge is 2.25. The second-order valence-corrected chi connectivity index (χ2v) is 7.06. The lowest BCUT2D eigenvalue weighted by atomic mass is 9.92. The molecule has 1 atom stereocenters. The molecule has 156 valence electrons. The van der Waals surface area contributed by atoms with Crippen LogP contribution in [0.1, 0.15) is 17.2 Å². The van der Waals surface area contributed by atoms with Crippen LogP contribution >= 0.6 is 0 Å². The van der Waals surface area contributed by atoms with Gasteiger partial charge in [-0.15, -0.1) is 0 Å². The fourth-order valence-corrected chi connectivity index (χ4v) is 3.67. The third kappa shape index (κ3) is 4.46. The average Bonchev–Trinajstić information content (AvgIpc) is 2.82. The molecule has 0 saturated carbocycles. The molecule has 0 aliphatic heterocycles. The number of para-hydroxylation sites is 2. The van der Waals surface area contributed by atoms with E-state index in [0.29, 0.717) is 17.1 Å². The minimum atomic E-state index is -0.630. The van der Waals surface area contributed by atoms with Crippen molar-refractivity contribution in [2.75, 3.05) is 13.7 Å². The van der Waals surface area contributed by atoms with Crippen LogP contribution in [0, 0.1) is 0 Å². The van der Waals surface area contributed by atoms with Gasteiger partial charge in [-0.2, -0.15) is 0 Å². The number of ether oxygens (including phenoxy) is 2. The number of amides is 1. The summed E-state index contributed by atoms with van der Waals surface area (Å²) in [5, 5.41) is 15.6. The number of phenols is 1. The van der Waals surface area contributed by atoms with Gasteiger partial charge in [-0.05, 0) is 35.0 Å². The maximum atomic E-state index is 12.9. The fraction of sp³-hybridized carbons (Fsp3) is 0.115. The predicted octanol–water partition coefficient (Wildman–Crippen LogP) is 4.84. The highest BCUT2D eigenvalue weighted by atomic mass is 16.5. The van der Waals surface area contributed by atoms with E-state index in [4.69, 9.17) is 9.47 Å². The van der Waals surface area contributed by atoms with Crippen LogP contribution in [0.3, 0.4) is 0 Å². The summed E-state index contributed by atoms with van der Waals surface area (Å²) in [6.45, 7) is -0.152. The molecule has 1 unspecified atom stereocenters. The number of hydrogen-bond donors (Lipinski definition) is 2. The van der Waals surface area contributed by atoms with Crippen LogP contribution in [-0.2, 0) is 4.79 Å². The number of rotatable bonds is 7. The Morgan fingerprint density at radius 1 is 0.903 bits per heavy atom. The first-order valence-electron chi connectivity index (χ1n) is 9.98. The summed E-state index contributed by atoms with van der Waals surface area (Å²) in [5.41, 5.74) is 1.35. The summed E-state index contributed by atoms with van der Waals surface area (Å²) in [6, 6.07) is 27.2. The second-order valence-electron chi connectivity index (χ2n) is 7.06. The molecule has 0 aromatic heterocycles. The summed E-state index contributed by atoms with van der Waals surface area (Å²) in [6.07, 6.45) is 0. The van der Waals surface area contributed by atoms with Crippen molar-refractivity contribution >= 4 is 16.7 Å². The number of methoxy groups -OCH3 is 1. The number of carbonyl (C=O) groups is 1. The van der Waals surface area contributed by atoms with Crippen LogP contribution < -0.4 is 14.8 Å². The Kier molecular flexibility index (Phi) is 6.03. The average molecular weight is 413 g/mol. The van der Waals surface area contributed by atoms with Gasteiger partial charge >= 0.3 is 0 Å². The van der Waals surface area contributed by atoms with E-state index in [1.807, 2.05) is 72.8 Å². The van der Waals surface area contributed by atoms with E-state index in [1.165, 1.54) is 0 Å². The molecule has 4 aromatic carbocycles. The SMILES string of the molecule is COc1ccccc1C(NC(=O)COc1ccccc1)c1c(O)ccc2ccccc12. The lowest BCUT2D eigenvalue weighted by Gasteiger charge is -2.24. The number of fused-ring (bicyclic) bond motifs is 1. The minimum absolute atomic E-state index is 0.0962. The molecule has 0 bridgehead atoms. The van der Waals surface area contributed by atoms with Crippen LogP contribution in [0.25, 0.3) is 10.8 Å². The smallest absolute Gasteiger partial charge is 0.258 e. The zero-order chi connectivity index (χ0) is 21.6. The van der Waals surface area contributed by atoms with E-state index in [0.717, 1.165) is 16.3 Å². The number of nitrogens with one attached hydrogen (secondary N) is 1. The van der Waals surface area contributed by atoms with Gasteiger partial charge in [0, 0.05) is 11.1 Å². The Hall–Kier alpha value is -3.99. The van der Waals surface area contributed by atoms with E-state index in [2.05, 4.69) is 5.32 Å². The first-order chi connectivity index (χ1) is 15.2. The van der Waals surface area contributed by atoms with E-state index >= 15 is 0 Å². The number of carbonyl (C=O) groups excluding carboxylic acids is 1. The van der Waals surface area contributed by atoms with Crippen LogP contribution in [0.15, 0.2) is 91.0 Å². The Labute approximate surface area is 180 Å². The van der Waals surface area contributed by atoms with Gasteiger partial charge < -0.3 is 19.9 Å². The van der Waals surface area contributed by atoms with Crippen molar-refractivity contribution in [3.8, 4) is 17.2 Å².